The minimum Gasteiger partial charge on any atom is -0.497 e. The molecule has 0 saturated heterocycles. The van der Waals surface area contributed by atoms with Crippen molar-refractivity contribution in [2.24, 2.45) is 0 Å². The number of benzene rings is 1. The Hall–Kier alpha value is -1.82. The van der Waals surface area contributed by atoms with Gasteiger partial charge >= 0.3 is 0 Å². The summed E-state index contributed by atoms with van der Waals surface area (Å²) in [6.07, 6.45) is 2.09. The molecule has 0 aliphatic rings. The van der Waals surface area contributed by atoms with Gasteiger partial charge in [0.05, 0.1) is 26.1 Å². The minimum atomic E-state index is -0.547. The third kappa shape index (κ3) is 6.53. The van der Waals surface area contributed by atoms with E-state index in [1.165, 1.54) is 5.56 Å². The Balaban J connectivity index is 1.87. The van der Waals surface area contributed by atoms with Crippen molar-refractivity contribution in [2.75, 3.05) is 20.3 Å². The zero-order chi connectivity index (χ0) is 18.1. The Morgan fingerprint density at radius 2 is 2.08 bits per heavy atom. The molecule has 1 N–H and O–H groups in total. The first-order valence-electron chi connectivity index (χ1n) is 8.77. The Labute approximate surface area is 150 Å². The van der Waals surface area contributed by atoms with Crippen molar-refractivity contribution in [3.63, 3.8) is 0 Å². The number of nitrogens with zero attached hydrogens (tertiary/aromatic N) is 1. The molecule has 1 aromatic carbocycles. The summed E-state index contributed by atoms with van der Waals surface area (Å²) in [6, 6.07) is 12.1. The largest absolute Gasteiger partial charge is 0.497 e. The van der Waals surface area contributed by atoms with E-state index in [0.29, 0.717) is 19.2 Å². The van der Waals surface area contributed by atoms with Crippen molar-refractivity contribution in [1.82, 2.24) is 4.90 Å². The molecule has 0 aliphatic carbocycles. The lowest BCUT2D eigenvalue weighted by molar-refractivity contribution is -0.00272. The number of hydrogen-bond donors (Lipinski definition) is 1. The normalized spacial score (nSPS) is 13.8. The topological polar surface area (TPSA) is 55.1 Å². The van der Waals surface area contributed by atoms with E-state index in [4.69, 9.17) is 13.9 Å². The van der Waals surface area contributed by atoms with Crippen molar-refractivity contribution in [3.05, 3.63) is 54.0 Å². The molecule has 138 valence electrons. The molecule has 1 heterocycles. The molecule has 0 radical (unpaired) electrons. The van der Waals surface area contributed by atoms with Gasteiger partial charge in [0, 0.05) is 19.1 Å². The van der Waals surface area contributed by atoms with Gasteiger partial charge in [-0.1, -0.05) is 19.1 Å². The van der Waals surface area contributed by atoms with Crippen molar-refractivity contribution >= 4 is 0 Å². The van der Waals surface area contributed by atoms with Gasteiger partial charge in [0.1, 0.15) is 18.1 Å². The number of aliphatic hydroxyl groups is 1. The molecule has 0 bridgehead atoms. The van der Waals surface area contributed by atoms with E-state index < -0.39 is 6.10 Å². The second-order valence-electron chi connectivity index (χ2n) is 6.29. The highest BCUT2D eigenvalue weighted by Gasteiger charge is 2.17. The third-order valence-corrected chi connectivity index (χ3v) is 4.31. The van der Waals surface area contributed by atoms with E-state index in [2.05, 4.69) is 24.8 Å². The SMILES string of the molecule is CC[C@H](C)N(Cc1cccc(OC)c1)C[C@@H](O)COCc1ccco1. The number of aliphatic hydroxyl groups excluding tert-OH is 1. The lowest BCUT2D eigenvalue weighted by Gasteiger charge is -2.30. The molecule has 0 aliphatic heterocycles. The lowest BCUT2D eigenvalue weighted by Crippen LogP contribution is -2.39. The maximum atomic E-state index is 10.3. The number of furan rings is 1. The van der Waals surface area contributed by atoms with Crippen LogP contribution in [-0.4, -0.2) is 42.4 Å². The maximum Gasteiger partial charge on any atom is 0.129 e. The average molecular weight is 347 g/mol. The molecule has 0 unspecified atom stereocenters. The second-order valence-corrected chi connectivity index (χ2v) is 6.29. The van der Waals surface area contributed by atoms with E-state index in [-0.39, 0.29) is 6.61 Å². The Morgan fingerprint density at radius 1 is 1.24 bits per heavy atom. The predicted molar refractivity (Wildman–Crippen MR) is 97.5 cm³/mol. The molecule has 5 heteroatoms. The van der Waals surface area contributed by atoms with Gasteiger partial charge in [-0.15, -0.1) is 0 Å². The summed E-state index contributed by atoms with van der Waals surface area (Å²) in [5, 5.41) is 10.3. The van der Waals surface area contributed by atoms with Crippen molar-refractivity contribution < 1.29 is 19.0 Å². The van der Waals surface area contributed by atoms with E-state index >= 15 is 0 Å². The summed E-state index contributed by atoms with van der Waals surface area (Å²) in [6.45, 7) is 6.32. The smallest absolute Gasteiger partial charge is 0.129 e. The van der Waals surface area contributed by atoms with Crippen LogP contribution in [0, 0.1) is 0 Å². The summed E-state index contributed by atoms with van der Waals surface area (Å²) in [7, 11) is 1.67. The summed E-state index contributed by atoms with van der Waals surface area (Å²) in [4.78, 5) is 2.27. The van der Waals surface area contributed by atoms with Crippen LogP contribution in [0.15, 0.2) is 47.1 Å². The quantitative estimate of drug-likeness (QED) is 0.674. The fraction of sp³-hybridized carbons (Fsp3) is 0.500. The fourth-order valence-corrected chi connectivity index (χ4v) is 2.68. The number of hydrogen-bond acceptors (Lipinski definition) is 5. The Kier molecular flexibility index (Phi) is 7.98. The molecular weight excluding hydrogens is 318 g/mol. The zero-order valence-electron chi connectivity index (χ0n) is 15.4. The number of ether oxygens (including phenoxy) is 2. The van der Waals surface area contributed by atoms with E-state index in [9.17, 15) is 5.11 Å². The van der Waals surface area contributed by atoms with Crippen molar-refractivity contribution in [2.45, 2.75) is 45.6 Å². The van der Waals surface area contributed by atoms with Gasteiger partial charge in [-0.2, -0.15) is 0 Å². The molecule has 0 saturated carbocycles. The molecule has 5 nitrogen and oxygen atoms in total. The van der Waals surface area contributed by atoms with Gasteiger partial charge in [-0.25, -0.2) is 0 Å². The number of methoxy groups -OCH3 is 1. The van der Waals surface area contributed by atoms with E-state index in [1.807, 2.05) is 30.3 Å². The van der Waals surface area contributed by atoms with Crippen LogP contribution in [0.2, 0.25) is 0 Å². The third-order valence-electron chi connectivity index (χ3n) is 4.31. The van der Waals surface area contributed by atoms with Crippen LogP contribution < -0.4 is 4.74 Å². The molecule has 1 aromatic heterocycles. The minimum absolute atomic E-state index is 0.283. The van der Waals surface area contributed by atoms with Gasteiger partial charge < -0.3 is 19.0 Å². The van der Waals surface area contributed by atoms with Gasteiger partial charge in [-0.05, 0) is 43.2 Å². The van der Waals surface area contributed by atoms with Crippen molar-refractivity contribution in [1.29, 1.82) is 0 Å². The molecule has 0 amide bonds. The first-order valence-corrected chi connectivity index (χ1v) is 8.77. The van der Waals surface area contributed by atoms with Crippen LogP contribution in [0.5, 0.6) is 5.75 Å². The highest BCUT2D eigenvalue weighted by Crippen LogP contribution is 2.17. The van der Waals surface area contributed by atoms with Gasteiger partial charge in [0.15, 0.2) is 0 Å². The highest BCUT2D eigenvalue weighted by molar-refractivity contribution is 5.28. The van der Waals surface area contributed by atoms with Gasteiger partial charge in [-0.3, -0.25) is 4.90 Å². The maximum absolute atomic E-state index is 10.3. The standard InChI is InChI=1S/C20H29NO4/c1-4-16(2)21(12-17-7-5-8-19(11-17)23-3)13-18(22)14-24-15-20-9-6-10-25-20/h5-11,16,18,22H,4,12-15H2,1-3H3/t16-,18+/m0/s1. The summed E-state index contributed by atoms with van der Waals surface area (Å²) >= 11 is 0. The van der Waals surface area contributed by atoms with E-state index in [1.54, 1.807) is 13.4 Å². The summed E-state index contributed by atoms with van der Waals surface area (Å²) < 4.78 is 16.1. The van der Waals surface area contributed by atoms with Gasteiger partial charge in [0.25, 0.3) is 0 Å². The summed E-state index contributed by atoms with van der Waals surface area (Å²) in [5.74, 6) is 1.62. The zero-order valence-corrected chi connectivity index (χ0v) is 15.4. The fourth-order valence-electron chi connectivity index (χ4n) is 2.68. The lowest BCUT2D eigenvalue weighted by atomic mass is 10.1. The average Bonchev–Trinajstić information content (AvgIpc) is 3.14. The molecule has 0 spiro atoms. The monoisotopic (exact) mass is 347 g/mol. The highest BCUT2D eigenvalue weighted by atomic mass is 16.5. The van der Waals surface area contributed by atoms with E-state index in [0.717, 1.165) is 24.5 Å². The van der Waals surface area contributed by atoms with Crippen molar-refractivity contribution in [3.8, 4) is 5.75 Å². The molecular formula is C20H29NO4. The summed E-state index contributed by atoms with van der Waals surface area (Å²) in [5.41, 5.74) is 1.17. The second kappa shape index (κ2) is 10.2. The molecule has 2 aromatic rings. The van der Waals surface area contributed by atoms with Crippen LogP contribution in [0.3, 0.4) is 0 Å². The molecule has 2 rings (SSSR count). The molecule has 25 heavy (non-hydrogen) atoms. The number of rotatable bonds is 11. The van der Waals surface area contributed by atoms with Crippen LogP contribution in [0.4, 0.5) is 0 Å². The Morgan fingerprint density at radius 3 is 2.76 bits per heavy atom. The Bertz CT molecular complexity index is 600. The molecule has 2 atom stereocenters. The predicted octanol–water partition coefficient (Wildman–Crippen LogP) is 3.47. The van der Waals surface area contributed by atoms with Crippen LogP contribution in [0.25, 0.3) is 0 Å². The van der Waals surface area contributed by atoms with Crippen LogP contribution in [-0.2, 0) is 17.9 Å². The van der Waals surface area contributed by atoms with Gasteiger partial charge in [0.2, 0.25) is 0 Å². The van der Waals surface area contributed by atoms with Crippen LogP contribution >= 0.6 is 0 Å². The van der Waals surface area contributed by atoms with Crippen LogP contribution in [0.1, 0.15) is 31.6 Å². The first-order chi connectivity index (χ1) is 12.1. The molecule has 0 fully saturated rings. The first kappa shape index (κ1) is 19.5.